The van der Waals surface area contributed by atoms with E-state index in [1.54, 1.807) is 48.4 Å². The Kier molecular flexibility index (Phi) is 6.25. The lowest BCUT2D eigenvalue weighted by molar-refractivity contribution is 0.0716. The third kappa shape index (κ3) is 4.15. The fourth-order valence-corrected chi connectivity index (χ4v) is 4.49. The molecule has 0 saturated carbocycles. The highest BCUT2D eigenvalue weighted by Gasteiger charge is 2.42. The minimum atomic E-state index is -0.665. The second kappa shape index (κ2) is 9.64. The normalized spacial score (nSPS) is 14.9. The maximum absolute atomic E-state index is 13.5. The molecule has 1 amide bonds. The van der Waals surface area contributed by atoms with Crippen molar-refractivity contribution in [2.75, 3.05) is 20.3 Å². The van der Waals surface area contributed by atoms with Crippen LogP contribution in [0.4, 0.5) is 0 Å². The predicted octanol–water partition coefficient (Wildman–Crippen LogP) is 4.31. The van der Waals surface area contributed by atoms with Crippen LogP contribution in [0.15, 0.2) is 82.0 Å². The molecule has 1 aromatic heterocycles. The molecule has 0 aliphatic carbocycles. The van der Waals surface area contributed by atoms with Gasteiger partial charge in [-0.1, -0.05) is 48.5 Å². The first kappa shape index (κ1) is 22.7. The van der Waals surface area contributed by atoms with E-state index in [-0.39, 0.29) is 30.2 Å². The SMILES string of the molecule is COc1cc(C2c3c(oc4ccccc4c3=O)C(=O)N2CCCO)ccc1OCc1ccccc1. The maximum Gasteiger partial charge on any atom is 0.290 e. The molecule has 1 atom stereocenters. The number of aliphatic hydroxyl groups is 1. The highest BCUT2D eigenvalue weighted by atomic mass is 16.5. The molecule has 4 aromatic rings. The number of methoxy groups -OCH3 is 1. The van der Waals surface area contributed by atoms with Gasteiger partial charge in [-0.05, 0) is 41.8 Å². The van der Waals surface area contributed by atoms with E-state index in [2.05, 4.69) is 0 Å². The monoisotopic (exact) mass is 471 g/mol. The number of ether oxygens (including phenoxy) is 2. The molecule has 7 nitrogen and oxygen atoms in total. The average molecular weight is 472 g/mol. The molecule has 0 radical (unpaired) electrons. The molecular formula is C28H25NO6. The number of carbonyl (C=O) groups excluding carboxylic acids is 1. The molecule has 3 aromatic carbocycles. The third-order valence-corrected chi connectivity index (χ3v) is 6.17. The number of benzene rings is 3. The van der Waals surface area contributed by atoms with Crippen LogP contribution >= 0.6 is 0 Å². The number of nitrogens with zero attached hydrogens (tertiary/aromatic N) is 1. The quantitative estimate of drug-likeness (QED) is 0.412. The Morgan fingerprint density at radius 2 is 1.74 bits per heavy atom. The van der Waals surface area contributed by atoms with Crippen LogP contribution in [-0.2, 0) is 6.61 Å². The number of aliphatic hydroxyl groups excluding tert-OH is 1. The molecule has 1 aliphatic heterocycles. The maximum atomic E-state index is 13.5. The zero-order chi connectivity index (χ0) is 24.4. The van der Waals surface area contributed by atoms with Crippen molar-refractivity contribution in [2.24, 2.45) is 0 Å². The summed E-state index contributed by atoms with van der Waals surface area (Å²) >= 11 is 0. The number of carbonyl (C=O) groups is 1. The van der Waals surface area contributed by atoms with Gasteiger partial charge >= 0.3 is 0 Å². The van der Waals surface area contributed by atoms with Crippen molar-refractivity contribution >= 4 is 16.9 Å². The zero-order valence-corrected chi connectivity index (χ0v) is 19.3. The molecule has 35 heavy (non-hydrogen) atoms. The number of rotatable bonds is 8. The van der Waals surface area contributed by atoms with Crippen molar-refractivity contribution in [2.45, 2.75) is 19.1 Å². The Bertz CT molecular complexity index is 1430. The minimum Gasteiger partial charge on any atom is -0.493 e. The molecule has 0 bridgehead atoms. The first-order valence-corrected chi connectivity index (χ1v) is 11.4. The largest absolute Gasteiger partial charge is 0.493 e. The van der Waals surface area contributed by atoms with Crippen LogP contribution < -0.4 is 14.9 Å². The highest BCUT2D eigenvalue weighted by Crippen LogP contribution is 2.41. The van der Waals surface area contributed by atoms with Gasteiger partial charge in [-0.2, -0.15) is 0 Å². The molecule has 0 saturated heterocycles. The van der Waals surface area contributed by atoms with Crippen LogP contribution in [0, 0.1) is 0 Å². The minimum absolute atomic E-state index is 0.0417. The van der Waals surface area contributed by atoms with Crippen molar-refractivity contribution in [1.82, 2.24) is 4.90 Å². The Labute approximate surface area is 202 Å². The van der Waals surface area contributed by atoms with E-state index in [1.807, 2.05) is 36.4 Å². The molecule has 1 unspecified atom stereocenters. The Morgan fingerprint density at radius 1 is 0.971 bits per heavy atom. The summed E-state index contributed by atoms with van der Waals surface area (Å²) in [5.74, 6) is 0.716. The fourth-order valence-electron chi connectivity index (χ4n) is 4.49. The third-order valence-electron chi connectivity index (χ3n) is 6.17. The van der Waals surface area contributed by atoms with Gasteiger partial charge in [-0.15, -0.1) is 0 Å². The summed E-state index contributed by atoms with van der Waals surface area (Å²) in [6.07, 6.45) is 0.374. The van der Waals surface area contributed by atoms with E-state index in [9.17, 15) is 14.7 Å². The summed E-state index contributed by atoms with van der Waals surface area (Å²) in [5, 5.41) is 9.83. The predicted molar refractivity (Wildman–Crippen MR) is 131 cm³/mol. The number of fused-ring (bicyclic) bond motifs is 2. The summed E-state index contributed by atoms with van der Waals surface area (Å²) < 4.78 is 17.5. The van der Waals surface area contributed by atoms with Crippen LogP contribution in [0.3, 0.4) is 0 Å². The average Bonchev–Trinajstić information content (AvgIpc) is 3.18. The van der Waals surface area contributed by atoms with E-state index in [4.69, 9.17) is 13.9 Å². The molecule has 5 rings (SSSR count). The van der Waals surface area contributed by atoms with Gasteiger partial charge in [0.1, 0.15) is 12.2 Å². The summed E-state index contributed by atoms with van der Waals surface area (Å²) in [5.41, 5.74) is 2.14. The van der Waals surface area contributed by atoms with Crippen LogP contribution in [-0.4, -0.2) is 36.2 Å². The van der Waals surface area contributed by atoms with E-state index in [0.29, 0.717) is 46.6 Å². The van der Waals surface area contributed by atoms with Gasteiger partial charge in [0.05, 0.1) is 24.1 Å². The van der Waals surface area contributed by atoms with Crippen molar-refractivity contribution < 1.29 is 23.8 Å². The Balaban J connectivity index is 1.57. The molecule has 1 N–H and O–H groups in total. The first-order valence-electron chi connectivity index (χ1n) is 11.4. The molecule has 0 fully saturated rings. The molecule has 178 valence electrons. The highest BCUT2D eigenvalue weighted by molar-refractivity contribution is 5.99. The Hall–Kier alpha value is -4.10. The van der Waals surface area contributed by atoms with E-state index in [1.165, 1.54) is 0 Å². The number of amides is 1. The van der Waals surface area contributed by atoms with Crippen LogP contribution in [0.25, 0.3) is 11.0 Å². The molecular weight excluding hydrogens is 446 g/mol. The van der Waals surface area contributed by atoms with Gasteiger partial charge in [-0.25, -0.2) is 0 Å². The van der Waals surface area contributed by atoms with E-state index >= 15 is 0 Å². The second-order valence-corrected chi connectivity index (χ2v) is 8.33. The van der Waals surface area contributed by atoms with Crippen molar-refractivity contribution in [3.8, 4) is 11.5 Å². The number of hydrogen-bond donors (Lipinski definition) is 1. The summed E-state index contributed by atoms with van der Waals surface area (Å²) in [4.78, 5) is 28.4. The summed E-state index contributed by atoms with van der Waals surface area (Å²) in [7, 11) is 1.55. The lowest BCUT2D eigenvalue weighted by atomic mass is 9.98. The topological polar surface area (TPSA) is 89.2 Å². The van der Waals surface area contributed by atoms with Gasteiger partial charge in [0, 0.05) is 13.2 Å². The zero-order valence-electron chi connectivity index (χ0n) is 19.3. The first-order chi connectivity index (χ1) is 17.1. The van der Waals surface area contributed by atoms with Gasteiger partial charge in [-0.3, -0.25) is 9.59 Å². The smallest absolute Gasteiger partial charge is 0.290 e. The Morgan fingerprint density at radius 3 is 2.51 bits per heavy atom. The number of para-hydroxylation sites is 1. The summed E-state index contributed by atoms with van der Waals surface area (Å²) in [6.45, 7) is 0.569. The molecule has 2 heterocycles. The van der Waals surface area contributed by atoms with Gasteiger partial charge in [0.2, 0.25) is 5.76 Å². The number of hydrogen-bond acceptors (Lipinski definition) is 6. The van der Waals surface area contributed by atoms with Gasteiger partial charge in [0.25, 0.3) is 5.91 Å². The van der Waals surface area contributed by atoms with Crippen LogP contribution in [0.2, 0.25) is 0 Å². The second-order valence-electron chi connectivity index (χ2n) is 8.33. The van der Waals surface area contributed by atoms with Crippen molar-refractivity contribution in [3.05, 3.63) is 105 Å². The van der Waals surface area contributed by atoms with Crippen molar-refractivity contribution in [3.63, 3.8) is 0 Å². The van der Waals surface area contributed by atoms with Gasteiger partial charge < -0.3 is 23.9 Å². The fraction of sp³-hybridized carbons (Fsp3) is 0.214. The lowest BCUT2D eigenvalue weighted by Crippen LogP contribution is -2.31. The standard InChI is InChI=1S/C28H25NO6/c1-33-23-16-19(12-13-22(23)34-17-18-8-3-2-4-9-18)25-24-26(31)20-10-5-6-11-21(20)35-27(24)28(32)29(25)14-7-15-30/h2-6,8-13,16,25,30H,7,14-15,17H2,1H3. The molecule has 7 heteroatoms. The van der Waals surface area contributed by atoms with Crippen LogP contribution in [0.1, 0.15) is 39.7 Å². The van der Waals surface area contributed by atoms with E-state index < -0.39 is 6.04 Å². The van der Waals surface area contributed by atoms with E-state index in [0.717, 1.165) is 5.56 Å². The molecule has 0 spiro atoms. The molecule has 1 aliphatic rings. The summed E-state index contributed by atoms with van der Waals surface area (Å²) in [6, 6.07) is 21.4. The lowest BCUT2D eigenvalue weighted by Gasteiger charge is -2.25. The van der Waals surface area contributed by atoms with Crippen LogP contribution in [0.5, 0.6) is 11.5 Å². The van der Waals surface area contributed by atoms with Crippen molar-refractivity contribution in [1.29, 1.82) is 0 Å². The van der Waals surface area contributed by atoms with Gasteiger partial charge in [0.15, 0.2) is 16.9 Å².